The molecule has 7 heteroatoms. The van der Waals surface area contributed by atoms with Crippen molar-refractivity contribution in [3.8, 4) is 5.69 Å². The number of para-hydroxylation sites is 2. The Hall–Kier alpha value is -4.52. The summed E-state index contributed by atoms with van der Waals surface area (Å²) in [6.07, 6.45) is 5.58. The largest absolute Gasteiger partial charge is 0.361 e. The van der Waals surface area contributed by atoms with Crippen molar-refractivity contribution in [2.45, 2.75) is 0 Å². The van der Waals surface area contributed by atoms with Gasteiger partial charge in [0.25, 0.3) is 11.2 Å². The SMILES string of the molecule is O=c1c2ccccc2nc(/C=C/c2c[nH]c3ccccc23)n1-c1ccc([N+](=O)[O-])cc1. The topological polar surface area (TPSA) is 93.8 Å². The van der Waals surface area contributed by atoms with Gasteiger partial charge in [-0.2, -0.15) is 0 Å². The number of nitro benzene ring substituents is 1. The van der Waals surface area contributed by atoms with Crippen molar-refractivity contribution in [2.75, 3.05) is 0 Å². The van der Waals surface area contributed by atoms with Crippen LogP contribution in [0.3, 0.4) is 0 Å². The lowest BCUT2D eigenvalue weighted by Gasteiger charge is -2.11. The van der Waals surface area contributed by atoms with Crippen molar-refractivity contribution in [3.63, 3.8) is 0 Å². The first-order valence-electron chi connectivity index (χ1n) is 9.63. The molecule has 0 bridgehead atoms. The van der Waals surface area contributed by atoms with E-state index in [-0.39, 0.29) is 11.2 Å². The Morgan fingerprint density at radius 2 is 1.61 bits per heavy atom. The van der Waals surface area contributed by atoms with Crippen LogP contribution in [0.25, 0.3) is 39.6 Å². The molecule has 150 valence electrons. The fourth-order valence-electron chi connectivity index (χ4n) is 3.63. The minimum atomic E-state index is -0.469. The zero-order chi connectivity index (χ0) is 21.4. The zero-order valence-corrected chi connectivity index (χ0v) is 16.2. The van der Waals surface area contributed by atoms with Gasteiger partial charge in [-0.1, -0.05) is 30.3 Å². The molecule has 0 unspecified atom stereocenters. The Morgan fingerprint density at radius 3 is 2.39 bits per heavy atom. The molecule has 5 rings (SSSR count). The Kier molecular flexibility index (Phi) is 4.41. The summed E-state index contributed by atoms with van der Waals surface area (Å²) in [5.41, 5.74) is 2.80. The van der Waals surface area contributed by atoms with E-state index in [1.807, 2.05) is 42.6 Å². The third-order valence-electron chi connectivity index (χ3n) is 5.15. The Morgan fingerprint density at radius 1 is 0.903 bits per heavy atom. The number of non-ortho nitro benzene ring substituents is 1. The van der Waals surface area contributed by atoms with Gasteiger partial charge >= 0.3 is 0 Å². The summed E-state index contributed by atoms with van der Waals surface area (Å²) in [5, 5.41) is 12.5. The second kappa shape index (κ2) is 7.38. The number of hydrogen-bond acceptors (Lipinski definition) is 4. The van der Waals surface area contributed by atoms with Crippen molar-refractivity contribution in [3.05, 3.63) is 111 Å². The van der Waals surface area contributed by atoms with Crippen LogP contribution in [0.1, 0.15) is 11.4 Å². The first-order valence-corrected chi connectivity index (χ1v) is 9.63. The zero-order valence-electron chi connectivity index (χ0n) is 16.2. The molecular weight excluding hydrogens is 392 g/mol. The molecule has 0 aliphatic rings. The molecule has 5 aromatic rings. The molecule has 0 aliphatic carbocycles. The van der Waals surface area contributed by atoms with Crippen molar-refractivity contribution in [2.24, 2.45) is 0 Å². The number of hydrogen-bond donors (Lipinski definition) is 1. The van der Waals surface area contributed by atoms with Crippen LogP contribution in [0.15, 0.2) is 83.8 Å². The van der Waals surface area contributed by atoms with E-state index < -0.39 is 4.92 Å². The molecule has 0 amide bonds. The quantitative estimate of drug-likeness (QED) is 0.336. The summed E-state index contributed by atoms with van der Waals surface area (Å²) in [4.78, 5) is 31.7. The predicted molar refractivity (Wildman–Crippen MR) is 121 cm³/mol. The van der Waals surface area contributed by atoms with Gasteiger partial charge in [0.1, 0.15) is 5.82 Å². The first-order chi connectivity index (χ1) is 15.1. The molecular formula is C24H16N4O3. The van der Waals surface area contributed by atoms with Gasteiger partial charge in [-0.3, -0.25) is 19.5 Å². The summed E-state index contributed by atoms with van der Waals surface area (Å²) >= 11 is 0. The Balaban J connectivity index is 1.70. The van der Waals surface area contributed by atoms with E-state index in [2.05, 4.69) is 9.97 Å². The number of rotatable bonds is 4. The van der Waals surface area contributed by atoms with Gasteiger partial charge in [0, 0.05) is 29.2 Å². The van der Waals surface area contributed by atoms with Gasteiger partial charge in [0.15, 0.2) is 0 Å². The summed E-state index contributed by atoms with van der Waals surface area (Å²) in [6.45, 7) is 0. The summed E-state index contributed by atoms with van der Waals surface area (Å²) < 4.78 is 1.47. The van der Waals surface area contributed by atoms with Crippen LogP contribution in [0.4, 0.5) is 5.69 Å². The number of aromatic amines is 1. The van der Waals surface area contributed by atoms with Crippen molar-refractivity contribution in [1.29, 1.82) is 0 Å². The van der Waals surface area contributed by atoms with Gasteiger partial charge in [-0.25, -0.2) is 4.98 Å². The number of fused-ring (bicyclic) bond motifs is 2. The van der Waals surface area contributed by atoms with Gasteiger partial charge in [0.05, 0.1) is 21.5 Å². The minimum absolute atomic E-state index is 0.0403. The molecule has 0 atom stereocenters. The molecule has 7 nitrogen and oxygen atoms in total. The normalized spacial score (nSPS) is 11.5. The molecule has 0 saturated heterocycles. The fourth-order valence-corrected chi connectivity index (χ4v) is 3.63. The number of nitrogens with one attached hydrogen (secondary N) is 1. The summed E-state index contributed by atoms with van der Waals surface area (Å²) in [7, 11) is 0. The molecule has 0 saturated carbocycles. The lowest BCUT2D eigenvalue weighted by Crippen LogP contribution is -2.22. The van der Waals surface area contributed by atoms with Crippen LogP contribution in [-0.4, -0.2) is 19.5 Å². The highest BCUT2D eigenvalue weighted by molar-refractivity contribution is 5.91. The third-order valence-corrected chi connectivity index (χ3v) is 5.15. The van der Waals surface area contributed by atoms with Gasteiger partial charge in [-0.15, -0.1) is 0 Å². The second-order valence-electron chi connectivity index (χ2n) is 7.02. The van der Waals surface area contributed by atoms with Crippen molar-refractivity contribution >= 4 is 39.6 Å². The molecule has 0 aliphatic heterocycles. The fraction of sp³-hybridized carbons (Fsp3) is 0. The van der Waals surface area contributed by atoms with Crippen LogP contribution >= 0.6 is 0 Å². The van der Waals surface area contributed by atoms with E-state index in [1.54, 1.807) is 36.4 Å². The van der Waals surface area contributed by atoms with E-state index >= 15 is 0 Å². The first kappa shape index (κ1) is 18.5. The highest BCUT2D eigenvalue weighted by atomic mass is 16.6. The smallest absolute Gasteiger partial charge is 0.269 e. The summed E-state index contributed by atoms with van der Waals surface area (Å²) in [5.74, 6) is 0.433. The maximum absolute atomic E-state index is 13.3. The van der Waals surface area contributed by atoms with Crippen LogP contribution in [-0.2, 0) is 0 Å². The van der Waals surface area contributed by atoms with Crippen molar-refractivity contribution in [1.82, 2.24) is 14.5 Å². The predicted octanol–water partition coefficient (Wildman–Crippen LogP) is 4.95. The molecule has 0 radical (unpaired) electrons. The molecule has 0 spiro atoms. The minimum Gasteiger partial charge on any atom is -0.361 e. The number of nitrogens with zero attached hydrogens (tertiary/aromatic N) is 3. The number of H-pyrrole nitrogens is 1. The lowest BCUT2D eigenvalue weighted by atomic mass is 10.1. The average molecular weight is 408 g/mol. The van der Waals surface area contributed by atoms with Crippen LogP contribution in [0.2, 0.25) is 0 Å². The van der Waals surface area contributed by atoms with Crippen LogP contribution < -0.4 is 5.56 Å². The molecule has 1 N–H and O–H groups in total. The number of aromatic nitrogens is 3. The van der Waals surface area contributed by atoms with E-state index in [1.165, 1.54) is 16.7 Å². The average Bonchev–Trinajstić information content (AvgIpc) is 3.21. The molecule has 2 aromatic heterocycles. The van der Waals surface area contributed by atoms with E-state index in [4.69, 9.17) is 0 Å². The molecule has 31 heavy (non-hydrogen) atoms. The maximum atomic E-state index is 13.3. The third kappa shape index (κ3) is 3.28. The Labute approximate surface area is 176 Å². The molecule has 2 heterocycles. The lowest BCUT2D eigenvalue weighted by molar-refractivity contribution is -0.384. The van der Waals surface area contributed by atoms with Crippen molar-refractivity contribution < 1.29 is 4.92 Å². The van der Waals surface area contributed by atoms with Gasteiger partial charge < -0.3 is 4.98 Å². The highest BCUT2D eigenvalue weighted by Crippen LogP contribution is 2.21. The monoisotopic (exact) mass is 408 g/mol. The Bertz CT molecular complexity index is 1530. The van der Waals surface area contributed by atoms with Gasteiger partial charge in [-0.05, 0) is 48.0 Å². The van der Waals surface area contributed by atoms with E-state index in [0.717, 1.165) is 16.5 Å². The number of benzene rings is 3. The summed E-state index contributed by atoms with van der Waals surface area (Å²) in [6, 6.07) is 20.9. The van der Waals surface area contributed by atoms with Gasteiger partial charge in [0.2, 0.25) is 0 Å². The van der Waals surface area contributed by atoms with Crippen LogP contribution in [0.5, 0.6) is 0 Å². The van der Waals surface area contributed by atoms with E-state index in [0.29, 0.717) is 22.4 Å². The molecule has 3 aromatic carbocycles. The highest BCUT2D eigenvalue weighted by Gasteiger charge is 2.13. The molecule has 0 fully saturated rings. The van der Waals surface area contributed by atoms with Crippen LogP contribution in [0, 0.1) is 10.1 Å². The van der Waals surface area contributed by atoms with E-state index in [9.17, 15) is 14.9 Å². The number of nitro groups is 1. The standard InChI is InChI=1S/C24H16N4O3/c29-24-20-6-2-4-8-22(20)26-23(27(24)17-10-12-18(13-11-17)28(30)31)14-9-16-15-25-21-7-3-1-5-19(16)21/h1-15,25H/b14-9+. The maximum Gasteiger partial charge on any atom is 0.269 e. The second-order valence-corrected chi connectivity index (χ2v) is 7.02.